The van der Waals surface area contributed by atoms with Gasteiger partial charge in [0.05, 0.1) is 17.8 Å². The summed E-state index contributed by atoms with van der Waals surface area (Å²) in [5, 5.41) is 4.35. The molecule has 8 nitrogen and oxygen atoms in total. The molecule has 0 saturated carbocycles. The molecule has 0 unspecified atom stereocenters. The van der Waals surface area contributed by atoms with Crippen molar-refractivity contribution in [3.63, 3.8) is 0 Å². The Labute approximate surface area is 187 Å². The van der Waals surface area contributed by atoms with Gasteiger partial charge < -0.3 is 14.5 Å². The molecular weight excluding hydrogens is 502 g/mol. The number of halogens is 2. The van der Waals surface area contributed by atoms with Gasteiger partial charge in [-0.2, -0.15) is 20.1 Å². The van der Waals surface area contributed by atoms with E-state index < -0.39 is 0 Å². The molecule has 1 aromatic carbocycles. The van der Waals surface area contributed by atoms with E-state index in [1.807, 2.05) is 12.1 Å². The van der Waals surface area contributed by atoms with Crippen molar-refractivity contribution in [1.82, 2.24) is 15.0 Å². The highest BCUT2D eigenvalue weighted by molar-refractivity contribution is 9.11. The summed E-state index contributed by atoms with van der Waals surface area (Å²) in [7, 11) is 1.63. The van der Waals surface area contributed by atoms with Crippen LogP contribution in [0.25, 0.3) is 0 Å². The summed E-state index contributed by atoms with van der Waals surface area (Å²) in [6.45, 7) is 3.93. The molecule has 2 aromatic rings. The van der Waals surface area contributed by atoms with Gasteiger partial charge in [0.15, 0.2) is 0 Å². The molecule has 29 heavy (non-hydrogen) atoms. The van der Waals surface area contributed by atoms with E-state index in [1.54, 1.807) is 13.3 Å². The SMILES string of the molecule is COc1c(Br)cc(Br)cc1/C=N/Nc1nc(N2CCCC2)nc(N2CCCC2)n1. The van der Waals surface area contributed by atoms with E-state index in [0.717, 1.165) is 52.6 Å². The number of anilines is 3. The van der Waals surface area contributed by atoms with Gasteiger partial charge in [-0.25, -0.2) is 5.43 Å². The van der Waals surface area contributed by atoms with Crippen LogP contribution < -0.4 is 20.0 Å². The molecule has 0 atom stereocenters. The molecule has 0 amide bonds. The number of hydrazone groups is 1. The molecule has 2 saturated heterocycles. The second-order valence-corrected chi connectivity index (χ2v) is 8.80. The summed E-state index contributed by atoms with van der Waals surface area (Å²) in [6, 6.07) is 3.87. The van der Waals surface area contributed by atoms with E-state index in [-0.39, 0.29) is 0 Å². The minimum absolute atomic E-state index is 0.452. The van der Waals surface area contributed by atoms with Crippen molar-refractivity contribution in [3.8, 4) is 5.75 Å². The third kappa shape index (κ3) is 4.80. The van der Waals surface area contributed by atoms with Crippen LogP contribution in [-0.2, 0) is 0 Å². The van der Waals surface area contributed by atoms with Crippen molar-refractivity contribution >= 4 is 55.9 Å². The Morgan fingerprint density at radius 1 is 0.966 bits per heavy atom. The standard InChI is InChI=1S/C19H23Br2N7O/c1-29-16-13(10-14(20)11-15(16)21)12-22-26-17-23-18(27-6-2-3-7-27)25-19(24-17)28-8-4-5-9-28/h10-12H,2-9H2,1H3,(H,23,24,25,26)/b22-12+. The monoisotopic (exact) mass is 523 g/mol. The lowest BCUT2D eigenvalue weighted by Crippen LogP contribution is -2.25. The third-order valence-electron chi connectivity index (χ3n) is 5.00. The summed E-state index contributed by atoms with van der Waals surface area (Å²) in [5.41, 5.74) is 3.81. The van der Waals surface area contributed by atoms with Gasteiger partial charge >= 0.3 is 0 Å². The van der Waals surface area contributed by atoms with Crippen molar-refractivity contribution in [1.29, 1.82) is 0 Å². The maximum absolute atomic E-state index is 5.47. The van der Waals surface area contributed by atoms with E-state index in [1.165, 1.54) is 25.7 Å². The lowest BCUT2D eigenvalue weighted by atomic mass is 10.2. The summed E-state index contributed by atoms with van der Waals surface area (Å²) in [6.07, 6.45) is 6.38. The first kappa shape index (κ1) is 20.3. The summed E-state index contributed by atoms with van der Waals surface area (Å²) < 4.78 is 7.25. The molecule has 154 valence electrons. The number of aromatic nitrogens is 3. The van der Waals surface area contributed by atoms with Crippen molar-refractivity contribution in [2.75, 3.05) is 48.5 Å². The van der Waals surface area contributed by atoms with Gasteiger partial charge in [-0.3, -0.25) is 0 Å². The van der Waals surface area contributed by atoms with Crippen LogP contribution in [-0.4, -0.2) is 54.5 Å². The summed E-state index contributed by atoms with van der Waals surface area (Å²) in [5.74, 6) is 2.61. The lowest BCUT2D eigenvalue weighted by molar-refractivity contribution is 0.411. The number of ether oxygens (including phenoxy) is 1. The number of nitrogens with one attached hydrogen (secondary N) is 1. The van der Waals surface area contributed by atoms with Crippen molar-refractivity contribution < 1.29 is 4.74 Å². The Balaban J connectivity index is 1.58. The number of rotatable bonds is 6. The fourth-order valence-corrected chi connectivity index (χ4v) is 4.99. The van der Waals surface area contributed by atoms with Crippen LogP contribution in [0.2, 0.25) is 0 Å². The van der Waals surface area contributed by atoms with E-state index in [9.17, 15) is 0 Å². The first-order chi connectivity index (χ1) is 14.1. The summed E-state index contributed by atoms with van der Waals surface area (Å²) in [4.78, 5) is 18.3. The van der Waals surface area contributed by atoms with Gasteiger partial charge in [-0.15, -0.1) is 0 Å². The molecule has 2 aliphatic rings. The van der Waals surface area contributed by atoms with Gasteiger partial charge in [0.1, 0.15) is 5.75 Å². The zero-order chi connectivity index (χ0) is 20.2. The average Bonchev–Trinajstić information content (AvgIpc) is 3.42. The molecule has 0 radical (unpaired) electrons. The highest BCUT2D eigenvalue weighted by Gasteiger charge is 2.21. The predicted molar refractivity (Wildman–Crippen MR) is 122 cm³/mol. The van der Waals surface area contributed by atoms with Crippen LogP contribution in [0.4, 0.5) is 17.8 Å². The average molecular weight is 525 g/mol. The second kappa shape index (κ2) is 9.25. The number of nitrogens with zero attached hydrogens (tertiary/aromatic N) is 6. The lowest BCUT2D eigenvalue weighted by Gasteiger charge is -2.20. The maximum Gasteiger partial charge on any atom is 0.250 e. The fraction of sp³-hybridized carbons (Fsp3) is 0.474. The van der Waals surface area contributed by atoms with E-state index in [2.05, 4.69) is 62.2 Å². The largest absolute Gasteiger partial charge is 0.495 e. The van der Waals surface area contributed by atoms with Gasteiger partial charge in [-0.1, -0.05) is 15.9 Å². The van der Waals surface area contributed by atoms with E-state index >= 15 is 0 Å². The Morgan fingerprint density at radius 3 is 2.10 bits per heavy atom. The highest BCUT2D eigenvalue weighted by atomic mass is 79.9. The zero-order valence-corrected chi connectivity index (χ0v) is 19.4. The molecule has 0 aliphatic carbocycles. The van der Waals surface area contributed by atoms with Gasteiger partial charge in [-0.05, 0) is 53.7 Å². The molecule has 3 heterocycles. The number of hydrogen-bond acceptors (Lipinski definition) is 8. The van der Waals surface area contributed by atoms with Gasteiger partial charge in [0.25, 0.3) is 0 Å². The second-order valence-electron chi connectivity index (χ2n) is 7.03. The van der Waals surface area contributed by atoms with Crippen LogP contribution in [0.1, 0.15) is 31.2 Å². The molecule has 4 rings (SSSR count). The first-order valence-corrected chi connectivity index (χ1v) is 11.3. The maximum atomic E-state index is 5.47. The predicted octanol–water partition coefficient (Wildman–Crippen LogP) is 4.05. The van der Waals surface area contributed by atoms with Gasteiger partial charge in [0.2, 0.25) is 17.8 Å². The molecular formula is C19H23Br2N7O. The number of methoxy groups -OCH3 is 1. The molecule has 0 bridgehead atoms. The zero-order valence-electron chi connectivity index (χ0n) is 16.2. The van der Waals surface area contributed by atoms with Crippen molar-refractivity contribution in [2.24, 2.45) is 5.10 Å². The smallest absolute Gasteiger partial charge is 0.250 e. The normalized spacial score (nSPS) is 16.8. The first-order valence-electron chi connectivity index (χ1n) is 9.72. The minimum atomic E-state index is 0.452. The number of benzene rings is 1. The van der Waals surface area contributed by atoms with E-state index in [4.69, 9.17) is 9.72 Å². The molecule has 0 spiro atoms. The van der Waals surface area contributed by atoms with E-state index in [0.29, 0.717) is 11.7 Å². The highest BCUT2D eigenvalue weighted by Crippen LogP contribution is 2.31. The Morgan fingerprint density at radius 2 is 1.55 bits per heavy atom. The van der Waals surface area contributed by atoms with Crippen LogP contribution in [0.5, 0.6) is 5.75 Å². The molecule has 2 aliphatic heterocycles. The van der Waals surface area contributed by atoms with Crippen molar-refractivity contribution in [3.05, 3.63) is 26.6 Å². The Kier molecular flexibility index (Phi) is 6.49. The van der Waals surface area contributed by atoms with Gasteiger partial charge in [0, 0.05) is 36.2 Å². The van der Waals surface area contributed by atoms with Crippen LogP contribution in [0.15, 0.2) is 26.2 Å². The number of hydrogen-bond donors (Lipinski definition) is 1. The Hall–Kier alpha value is -1.94. The van der Waals surface area contributed by atoms with Crippen LogP contribution in [0, 0.1) is 0 Å². The molecule has 2 fully saturated rings. The summed E-state index contributed by atoms with van der Waals surface area (Å²) >= 11 is 7.00. The molecule has 10 heteroatoms. The topological polar surface area (TPSA) is 78.8 Å². The third-order valence-corrected chi connectivity index (χ3v) is 6.05. The van der Waals surface area contributed by atoms with Crippen LogP contribution >= 0.6 is 31.9 Å². The van der Waals surface area contributed by atoms with Crippen LogP contribution in [0.3, 0.4) is 0 Å². The minimum Gasteiger partial charge on any atom is -0.495 e. The quantitative estimate of drug-likeness (QED) is 0.451. The van der Waals surface area contributed by atoms with Crippen molar-refractivity contribution in [2.45, 2.75) is 25.7 Å². The fourth-order valence-electron chi connectivity index (χ4n) is 3.57. The Bertz CT molecular complexity index is 862. The molecule has 1 N–H and O–H groups in total. The molecule has 1 aromatic heterocycles.